The molecule has 1 heterocycles. The lowest BCUT2D eigenvalue weighted by Gasteiger charge is -2.04. The summed E-state index contributed by atoms with van der Waals surface area (Å²) >= 11 is 0. The Morgan fingerprint density at radius 3 is 3.14 bits per heavy atom. The summed E-state index contributed by atoms with van der Waals surface area (Å²) in [6.07, 6.45) is 3.65. The maximum absolute atomic E-state index is 4.25. The zero-order valence-electron chi connectivity index (χ0n) is 7.90. The van der Waals surface area contributed by atoms with E-state index >= 15 is 0 Å². The quantitative estimate of drug-likeness (QED) is 0.742. The lowest BCUT2D eigenvalue weighted by molar-refractivity contribution is 1.34. The van der Waals surface area contributed by atoms with E-state index in [9.17, 15) is 0 Å². The first-order valence-electron chi connectivity index (χ1n) is 4.60. The Labute approximate surface area is 83.3 Å². The third-order valence-corrected chi connectivity index (χ3v) is 2.05. The number of fused-ring (bicyclic) bond motifs is 1. The van der Waals surface area contributed by atoms with Gasteiger partial charge in [-0.3, -0.25) is 4.98 Å². The maximum atomic E-state index is 4.25. The molecule has 2 heteroatoms. The molecule has 0 saturated heterocycles. The molecule has 1 aromatic heterocycles. The average Bonchev–Trinajstić information content (AvgIpc) is 2.26. The van der Waals surface area contributed by atoms with Gasteiger partial charge in [0.05, 0.1) is 5.52 Å². The minimum atomic E-state index is 0.784. The molecule has 0 atom stereocenters. The number of aromatic nitrogens is 1. The number of nitrogens with zero attached hydrogens (tertiary/aromatic N) is 1. The fourth-order valence-corrected chi connectivity index (χ4v) is 1.38. The molecule has 2 aromatic rings. The minimum Gasteiger partial charge on any atom is -0.382 e. The van der Waals surface area contributed by atoms with Crippen LogP contribution in [0.15, 0.2) is 49.2 Å². The van der Waals surface area contributed by atoms with Crippen LogP contribution in [0, 0.1) is 0 Å². The highest BCUT2D eigenvalue weighted by Crippen LogP contribution is 2.16. The second kappa shape index (κ2) is 3.92. The molecule has 1 aromatic carbocycles. The van der Waals surface area contributed by atoms with Crippen molar-refractivity contribution in [2.75, 3.05) is 11.9 Å². The van der Waals surface area contributed by atoms with Crippen molar-refractivity contribution >= 4 is 16.6 Å². The number of pyridine rings is 1. The first kappa shape index (κ1) is 8.75. The van der Waals surface area contributed by atoms with Gasteiger partial charge >= 0.3 is 0 Å². The normalized spacial score (nSPS) is 10.0. The first-order chi connectivity index (χ1) is 6.90. The van der Waals surface area contributed by atoms with Gasteiger partial charge in [-0.05, 0) is 24.3 Å². The van der Waals surface area contributed by atoms with Gasteiger partial charge in [-0.2, -0.15) is 0 Å². The van der Waals surface area contributed by atoms with E-state index in [0.29, 0.717) is 0 Å². The highest BCUT2D eigenvalue weighted by atomic mass is 14.9. The highest BCUT2D eigenvalue weighted by molar-refractivity contribution is 5.82. The molecule has 0 saturated carbocycles. The Bertz CT molecular complexity index is 449. The molecule has 1 N–H and O–H groups in total. The summed E-state index contributed by atoms with van der Waals surface area (Å²) in [6, 6.07) is 10.1. The van der Waals surface area contributed by atoms with Gasteiger partial charge < -0.3 is 5.32 Å². The average molecular weight is 184 g/mol. The maximum Gasteiger partial charge on any atom is 0.0703 e. The zero-order valence-corrected chi connectivity index (χ0v) is 7.90. The van der Waals surface area contributed by atoms with Crippen molar-refractivity contribution in [1.82, 2.24) is 4.98 Å². The summed E-state index contributed by atoms with van der Waals surface area (Å²) < 4.78 is 0. The molecule has 0 aliphatic heterocycles. The molecule has 0 unspecified atom stereocenters. The Morgan fingerprint density at radius 1 is 1.36 bits per heavy atom. The van der Waals surface area contributed by atoms with Gasteiger partial charge in [-0.25, -0.2) is 0 Å². The zero-order chi connectivity index (χ0) is 9.80. The van der Waals surface area contributed by atoms with Crippen LogP contribution in [0.1, 0.15) is 0 Å². The van der Waals surface area contributed by atoms with Crippen molar-refractivity contribution in [2.45, 2.75) is 0 Å². The van der Waals surface area contributed by atoms with E-state index in [1.165, 1.54) is 0 Å². The van der Waals surface area contributed by atoms with Crippen LogP contribution in [0.25, 0.3) is 10.9 Å². The molecule has 70 valence electrons. The van der Waals surface area contributed by atoms with Gasteiger partial charge in [0.2, 0.25) is 0 Å². The monoisotopic (exact) mass is 184 g/mol. The summed E-state index contributed by atoms with van der Waals surface area (Å²) in [7, 11) is 0. The van der Waals surface area contributed by atoms with E-state index in [1.54, 1.807) is 6.20 Å². The van der Waals surface area contributed by atoms with Crippen LogP contribution in [-0.2, 0) is 0 Å². The van der Waals surface area contributed by atoms with Crippen molar-refractivity contribution in [3.63, 3.8) is 0 Å². The minimum absolute atomic E-state index is 0.784. The lowest BCUT2D eigenvalue weighted by atomic mass is 10.2. The Balaban J connectivity index is 2.36. The fourth-order valence-electron chi connectivity index (χ4n) is 1.38. The Morgan fingerprint density at radius 2 is 2.29 bits per heavy atom. The predicted octanol–water partition coefficient (Wildman–Crippen LogP) is 2.83. The van der Waals surface area contributed by atoms with E-state index in [-0.39, 0.29) is 0 Å². The standard InChI is InChI=1S/C12H12N2/c1-2-7-13-11-5-6-12-10(9-11)4-3-8-14-12/h2-6,8-9,13H,1,7H2. The first-order valence-corrected chi connectivity index (χ1v) is 4.60. The number of rotatable bonds is 3. The van der Waals surface area contributed by atoms with Gasteiger partial charge in [-0.15, -0.1) is 6.58 Å². The van der Waals surface area contributed by atoms with E-state index in [2.05, 4.69) is 29.0 Å². The SMILES string of the molecule is C=CCNc1ccc2ncccc2c1. The number of anilines is 1. The largest absolute Gasteiger partial charge is 0.382 e. The molecule has 0 amide bonds. The van der Waals surface area contributed by atoms with Crippen molar-refractivity contribution in [2.24, 2.45) is 0 Å². The van der Waals surface area contributed by atoms with Crippen molar-refractivity contribution in [3.8, 4) is 0 Å². The van der Waals surface area contributed by atoms with Gasteiger partial charge in [0.1, 0.15) is 0 Å². The predicted molar refractivity (Wildman–Crippen MR) is 60.4 cm³/mol. The molecular formula is C12H12N2. The van der Waals surface area contributed by atoms with Crippen molar-refractivity contribution in [1.29, 1.82) is 0 Å². The smallest absolute Gasteiger partial charge is 0.0703 e. The van der Waals surface area contributed by atoms with E-state index in [1.807, 2.05) is 24.3 Å². The summed E-state index contributed by atoms with van der Waals surface area (Å²) in [4.78, 5) is 4.25. The molecule has 2 rings (SSSR count). The number of nitrogens with one attached hydrogen (secondary N) is 1. The summed E-state index contributed by atoms with van der Waals surface area (Å²) in [5, 5.41) is 4.39. The van der Waals surface area contributed by atoms with Gasteiger partial charge in [-0.1, -0.05) is 12.1 Å². The Hall–Kier alpha value is -1.83. The molecule has 14 heavy (non-hydrogen) atoms. The molecule has 0 radical (unpaired) electrons. The van der Waals surface area contributed by atoms with Crippen LogP contribution in [0.3, 0.4) is 0 Å². The third-order valence-electron chi connectivity index (χ3n) is 2.05. The number of hydrogen-bond acceptors (Lipinski definition) is 2. The molecular weight excluding hydrogens is 172 g/mol. The highest BCUT2D eigenvalue weighted by Gasteiger charge is 1.94. The number of hydrogen-bond donors (Lipinski definition) is 1. The second-order valence-corrected chi connectivity index (χ2v) is 3.08. The number of benzene rings is 1. The van der Waals surface area contributed by atoms with Gasteiger partial charge in [0.15, 0.2) is 0 Å². The van der Waals surface area contributed by atoms with Crippen LogP contribution in [0.5, 0.6) is 0 Å². The van der Waals surface area contributed by atoms with Gasteiger partial charge in [0, 0.05) is 23.8 Å². The van der Waals surface area contributed by atoms with E-state index in [0.717, 1.165) is 23.1 Å². The summed E-state index contributed by atoms with van der Waals surface area (Å²) in [5.74, 6) is 0. The second-order valence-electron chi connectivity index (χ2n) is 3.08. The molecule has 0 aliphatic rings. The van der Waals surface area contributed by atoms with Crippen LogP contribution in [-0.4, -0.2) is 11.5 Å². The van der Waals surface area contributed by atoms with Crippen LogP contribution < -0.4 is 5.32 Å². The lowest BCUT2D eigenvalue weighted by Crippen LogP contribution is -1.97. The molecule has 0 aliphatic carbocycles. The van der Waals surface area contributed by atoms with E-state index < -0.39 is 0 Å². The third kappa shape index (κ3) is 1.74. The topological polar surface area (TPSA) is 24.9 Å². The van der Waals surface area contributed by atoms with E-state index in [4.69, 9.17) is 0 Å². The summed E-state index contributed by atoms with van der Waals surface area (Å²) in [5.41, 5.74) is 2.13. The molecule has 0 bridgehead atoms. The van der Waals surface area contributed by atoms with Crippen molar-refractivity contribution in [3.05, 3.63) is 49.2 Å². The van der Waals surface area contributed by atoms with Crippen LogP contribution in [0.2, 0.25) is 0 Å². The molecule has 2 nitrogen and oxygen atoms in total. The molecule has 0 spiro atoms. The molecule has 0 fully saturated rings. The van der Waals surface area contributed by atoms with Crippen molar-refractivity contribution < 1.29 is 0 Å². The van der Waals surface area contributed by atoms with Crippen LogP contribution >= 0.6 is 0 Å². The Kier molecular flexibility index (Phi) is 2.45. The van der Waals surface area contributed by atoms with Gasteiger partial charge in [0.25, 0.3) is 0 Å². The van der Waals surface area contributed by atoms with Crippen LogP contribution in [0.4, 0.5) is 5.69 Å². The summed E-state index contributed by atoms with van der Waals surface area (Å²) in [6.45, 7) is 4.45. The fraction of sp³-hybridized carbons (Fsp3) is 0.0833.